The van der Waals surface area contributed by atoms with Crippen LogP contribution in [0.4, 0.5) is 0 Å². The summed E-state index contributed by atoms with van der Waals surface area (Å²) in [6, 6.07) is 14.7. The summed E-state index contributed by atoms with van der Waals surface area (Å²) in [5, 5.41) is 0.321. The predicted octanol–water partition coefficient (Wildman–Crippen LogP) is 5.42. The fraction of sp³-hybridized carbons (Fsp3) is 0.200. The lowest BCUT2D eigenvalue weighted by molar-refractivity contribution is 0.0982. The zero-order chi connectivity index (χ0) is 23.4. The number of pyridine rings is 1. The maximum absolute atomic E-state index is 13.2. The Kier molecular flexibility index (Phi) is 6.81. The highest BCUT2D eigenvalue weighted by atomic mass is 35.5. The molecule has 0 aliphatic carbocycles. The molecule has 2 aromatic carbocycles. The van der Waals surface area contributed by atoms with E-state index >= 15 is 0 Å². The third-order valence-corrected chi connectivity index (χ3v) is 7.27. The molecule has 0 aliphatic rings. The molecule has 0 unspecified atom stereocenters. The average molecular weight is 483 g/mol. The smallest absolute Gasteiger partial charge is 0.210 e. The first-order valence-corrected chi connectivity index (χ1v) is 12.5. The Morgan fingerprint density at radius 3 is 2.64 bits per heavy atom. The number of sulfone groups is 1. The summed E-state index contributed by atoms with van der Waals surface area (Å²) in [5.41, 5.74) is 2.27. The van der Waals surface area contributed by atoms with Gasteiger partial charge >= 0.3 is 0 Å². The zero-order valence-electron chi connectivity index (χ0n) is 18.1. The van der Waals surface area contributed by atoms with Crippen molar-refractivity contribution in [1.29, 1.82) is 0 Å². The van der Waals surface area contributed by atoms with E-state index in [2.05, 4.69) is 4.98 Å². The van der Waals surface area contributed by atoms with Crippen LogP contribution in [-0.4, -0.2) is 30.2 Å². The number of rotatable bonds is 9. The van der Waals surface area contributed by atoms with Gasteiger partial charge in [-0.05, 0) is 60.9 Å². The number of hydrogen-bond acceptors (Lipinski definition) is 5. The van der Waals surface area contributed by atoms with Crippen LogP contribution in [-0.2, 0) is 16.3 Å². The van der Waals surface area contributed by atoms with Gasteiger partial charge in [0.1, 0.15) is 16.3 Å². The molecule has 0 radical (unpaired) electrons. The Morgan fingerprint density at radius 2 is 1.88 bits per heavy atom. The van der Waals surface area contributed by atoms with Crippen LogP contribution in [0.5, 0.6) is 5.75 Å². The summed E-state index contributed by atoms with van der Waals surface area (Å²) in [5.74, 6) is 0.296. The van der Waals surface area contributed by atoms with Crippen molar-refractivity contribution in [2.75, 3.05) is 6.61 Å². The number of ether oxygens (including phenoxy) is 1. The lowest BCUT2D eigenvalue weighted by Crippen LogP contribution is -2.07. The molecule has 0 aliphatic heterocycles. The van der Waals surface area contributed by atoms with Gasteiger partial charge in [0, 0.05) is 35.6 Å². The first-order valence-electron chi connectivity index (χ1n) is 10.6. The minimum Gasteiger partial charge on any atom is -0.492 e. The molecule has 0 spiro atoms. The number of nitrogens with zero attached hydrogens (tertiary/aromatic N) is 2. The van der Waals surface area contributed by atoms with Crippen molar-refractivity contribution in [3.05, 3.63) is 89.3 Å². The van der Waals surface area contributed by atoms with Gasteiger partial charge in [-0.1, -0.05) is 30.7 Å². The summed E-state index contributed by atoms with van der Waals surface area (Å²) in [6.07, 6.45) is 6.82. The number of carbonyl (C=O) groups is 1. The van der Waals surface area contributed by atoms with Crippen molar-refractivity contribution < 1.29 is 17.9 Å². The number of hydrogen-bond donors (Lipinski definition) is 0. The molecule has 0 atom stereocenters. The van der Waals surface area contributed by atoms with Crippen molar-refractivity contribution >= 4 is 32.9 Å². The molecule has 0 fully saturated rings. The standard InChI is InChI=1S/C25H23ClN2O4S/c1-2-15-32-23-11-7-20(26)16-24(23)33(30,31)21-8-3-18(4-9-21)5-10-22(29)19-6-12-25-27-13-14-28(25)17-19/h3-4,6-9,11-14,16-17H,2,5,10,15H2,1H3. The predicted molar refractivity (Wildman–Crippen MR) is 127 cm³/mol. The summed E-state index contributed by atoms with van der Waals surface area (Å²) in [6.45, 7) is 2.36. The number of aryl methyl sites for hydroxylation is 1. The lowest BCUT2D eigenvalue weighted by Gasteiger charge is -2.12. The van der Waals surface area contributed by atoms with Crippen molar-refractivity contribution in [1.82, 2.24) is 9.38 Å². The molecule has 4 rings (SSSR count). The number of fused-ring (bicyclic) bond motifs is 1. The first kappa shape index (κ1) is 23.0. The van der Waals surface area contributed by atoms with Gasteiger partial charge in [-0.2, -0.15) is 0 Å². The summed E-state index contributed by atoms with van der Waals surface area (Å²) < 4.78 is 33.9. The van der Waals surface area contributed by atoms with Crippen LogP contribution in [0, 0.1) is 0 Å². The van der Waals surface area contributed by atoms with E-state index in [9.17, 15) is 13.2 Å². The molecule has 4 aromatic rings. The molecular formula is C25H23ClN2O4S. The molecule has 2 aromatic heterocycles. The van der Waals surface area contributed by atoms with Crippen LogP contribution >= 0.6 is 11.6 Å². The van der Waals surface area contributed by atoms with Crippen molar-refractivity contribution in [3.63, 3.8) is 0 Å². The highest BCUT2D eigenvalue weighted by Crippen LogP contribution is 2.32. The Bertz CT molecular complexity index is 1400. The van der Waals surface area contributed by atoms with E-state index in [0.29, 0.717) is 30.0 Å². The molecule has 0 N–H and O–H groups in total. The summed E-state index contributed by atoms with van der Waals surface area (Å²) >= 11 is 6.06. The largest absolute Gasteiger partial charge is 0.492 e. The van der Waals surface area contributed by atoms with Gasteiger partial charge in [0.05, 0.1) is 11.5 Å². The number of benzene rings is 2. The number of ketones is 1. The Morgan fingerprint density at radius 1 is 1.09 bits per heavy atom. The van der Waals surface area contributed by atoms with Crippen LogP contribution in [0.2, 0.25) is 5.02 Å². The second-order valence-electron chi connectivity index (χ2n) is 7.62. The molecule has 33 heavy (non-hydrogen) atoms. The van der Waals surface area contributed by atoms with Gasteiger partial charge < -0.3 is 9.14 Å². The zero-order valence-corrected chi connectivity index (χ0v) is 19.6. The highest BCUT2D eigenvalue weighted by molar-refractivity contribution is 7.91. The van der Waals surface area contributed by atoms with Crippen LogP contribution < -0.4 is 4.74 Å². The monoisotopic (exact) mass is 482 g/mol. The normalized spacial score (nSPS) is 11.6. The van der Waals surface area contributed by atoms with Crippen molar-refractivity contribution in [3.8, 4) is 5.75 Å². The second-order valence-corrected chi connectivity index (χ2v) is 9.98. The maximum atomic E-state index is 13.2. The van der Waals surface area contributed by atoms with Crippen LogP contribution in [0.25, 0.3) is 5.65 Å². The van der Waals surface area contributed by atoms with E-state index in [1.54, 1.807) is 71.5 Å². The van der Waals surface area contributed by atoms with E-state index in [1.165, 1.54) is 6.07 Å². The number of carbonyl (C=O) groups excluding carboxylic acids is 1. The van der Waals surface area contributed by atoms with Crippen LogP contribution in [0.3, 0.4) is 0 Å². The van der Waals surface area contributed by atoms with Crippen LogP contribution in [0.1, 0.15) is 35.7 Å². The lowest BCUT2D eigenvalue weighted by atomic mass is 10.0. The van der Waals surface area contributed by atoms with E-state index in [0.717, 1.165) is 17.6 Å². The van der Waals surface area contributed by atoms with E-state index in [1.807, 2.05) is 6.92 Å². The van der Waals surface area contributed by atoms with Gasteiger partial charge in [0.15, 0.2) is 5.78 Å². The van der Waals surface area contributed by atoms with Crippen molar-refractivity contribution in [2.45, 2.75) is 36.0 Å². The SMILES string of the molecule is CCCOc1ccc(Cl)cc1S(=O)(=O)c1ccc(CCC(=O)c2ccc3nccn3c2)cc1. The molecule has 170 valence electrons. The van der Waals surface area contributed by atoms with Gasteiger partial charge in [-0.25, -0.2) is 13.4 Å². The molecular weight excluding hydrogens is 460 g/mol. The van der Waals surface area contributed by atoms with Crippen molar-refractivity contribution in [2.24, 2.45) is 0 Å². The Hall–Kier alpha value is -3.16. The Labute approximate surface area is 197 Å². The van der Waals surface area contributed by atoms with E-state index in [4.69, 9.17) is 16.3 Å². The van der Waals surface area contributed by atoms with E-state index < -0.39 is 9.84 Å². The molecule has 0 saturated heterocycles. The average Bonchev–Trinajstić information content (AvgIpc) is 3.30. The quantitative estimate of drug-likeness (QED) is 0.297. The van der Waals surface area contributed by atoms with Crippen LogP contribution in [0.15, 0.2) is 83.0 Å². The highest BCUT2D eigenvalue weighted by Gasteiger charge is 2.23. The molecule has 0 saturated carbocycles. The number of imidazole rings is 1. The maximum Gasteiger partial charge on any atom is 0.210 e. The third kappa shape index (κ3) is 5.10. The second kappa shape index (κ2) is 9.77. The fourth-order valence-electron chi connectivity index (χ4n) is 3.47. The fourth-order valence-corrected chi connectivity index (χ4v) is 5.13. The van der Waals surface area contributed by atoms with Gasteiger partial charge in [0.2, 0.25) is 9.84 Å². The summed E-state index contributed by atoms with van der Waals surface area (Å²) in [7, 11) is -3.81. The molecule has 0 bridgehead atoms. The number of aromatic nitrogens is 2. The minimum absolute atomic E-state index is 0.0129. The molecule has 8 heteroatoms. The topological polar surface area (TPSA) is 77.7 Å². The third-order valence-electron chi connectivity index (χ3n) is 5.24. The van der Waals surface area contributed by atoms with E-state index in [-0.39, 0.29) is 21.3 Å². The molecule has 0 amide bonds. The molecule has 6 nitrogen and oxygen atoms in total. The first-order chi connectivity index (χ1) is 15.9. The molecule has 2 heterocycles. The van der Waals surface area contributed by atoms with Gasteiger partial charge in [-0.15, -0.1) is 0 Å². The number of halogens is 1. The minimum atomic E-state index is -3.81. The van der Waals surface area contributed by atoms with Gasteiger partial charge in [-0.3, -0.25) is 4.79 Å². The van der Waals surface area contributed by atoms with Gasteiger partial charge in [0.25, 0.3) is 0 Å². The number of Topliss-reactive ketones (excluding diaryl/α,β-unsaturated/α-hetero) is 1. The Balaban J connectivity index is 1.48. The summed E-state index contributed by atoms with van der Waals surface area (Å²) in [4.78, 5) is 17.0.